The van der Waals surface area contributed by atoms with E-state index in [-0.39, 0.29) is 11.8 Å². The third kappa shape index (κ3) is 1.62. The Hall–Kier alpha value is -2.36. The quantitative estimate of drug-likeness (QED) is 0.742. The fourth-order valence-corrected chi connectivity index (χ4v) is 2.41. The van der Waals surface area contributed by atoms with E-state index in [0.717, 1.165) is 11.1 Å². The molecule has 0 radical (unpaired) electrons. The number of benzene rings is 1. The molecule has 90 valence electrons. The number of rotatable bonds is 1. The molecule has 1 atom stereocenters. The Balaban J connectivity index is 2.15. The van der Waals surface area contributed by atoms with Crippen molar-refractivity contribution in [1.82, 2.24) is 10.3 Å². The first kappa shape index (κ1) is 10.8. The van der Waals surface area contributed by atoms with E-state index in [1.54, 1.807) is 12.3 Å². The van der Waals surface area contributed by atoms with Gasteiger partial charge in [0.15, 0.2) is 0 Å². The van der Waals surface area contributed by atoms with E-state index in [9.17, 15) is 4.79 Å². The summed E-state index contributed by atoms with van der Waals surface area (Å²) in [4.78, 5) is 16.0. The minimum atomic E-state index is -0.0942. The molecule has 1 aliphatic rings. The Bertz CT molecular complexity index is 595. The molecule has 1 aromatic carbocycles. The number of nitrogens with two attached hydrogens (primary N) is 1. The fourth-order valence-electron chi connectivity index (χ4n) is 2.41. The van der Waals surface area contributed by atoms with Gasteiger partial charge >= 0.3 is 0 Å². The van der Waals surface area contributed by atoms with Gasteiger partial charge in [0.2, 0.25) is 0 Å². The van der Waals surface area contributed by atoms with Crippen molar-refractivity contribution in [3.63, 3.8) is 0 Å². The van der Waals surface area contributed by atoms with Crippen LogP contribution in [0.1, 0.15) is 27.4 Å². The number of nitrogens with one attached hydrogen (secondary N) is 1. The van der Waals surface area contributed by atoms with E-state index in [0.29, 0.717) is 17.8 Å². The molecule has 1 amide bonds. The van der Waals surface area contributed by atoms with Gasteiger partial charge in [-0.05, 0) is 23.3 Å². The summed E-state index contributed by atoms with van der Waals surface area (Å²) in [5.74, 6) is 0.0261. The number of amides is 1. The molecule has 3 N–H and O–H groups in total. The average Bonchev–Trinajstić information content (AvgIpc) is 2.40. The molecule has 1 unspecified atom stereocenters. The molecular formula is C14H13N3O. The molecule has 2 heterocycles. The van der Waals surface area contributed by atoms with Crippen LogP contribution < -0.4 is 11.1 Å². The Morgan fingerprint density at radius 3 is 2.94 bits per heavy atom. The maximum Gasteiger partial charge on any atom is 0.253 e. The molecule has 0 fully saturated rings. The molecule has 0 saturated carbocycles. The number of pyridine rings is 1. The van der Waals surface area contributed by atoms with Crippen molar-refractivity contribution < 1.29 is 4.79 Å². The van der Waals surface area contributed by atoms with Crippen LogP contribution in [0.2, 0.25) is 0 Å². The lowest BCUT2D eigenvalue weighted by molar-refractivity contribution is 0.0943. The minimum Gasteiger partial charge on any atom is -0.398 e. The number of hydrogen-bond donors (Lipinski definition) is 2. The number of fused-ring (bicyclic) bond motifs is 1. The Kier molecular flexibility index (Phi) is 2.48. The van der Waals surface area contributed by atoms with Gasteiger partial charge in [-0.3, -0.25) is 9.78 Å². The molecule has 0 saturated heterocycles. The van der Waals surface area contributed by atoms with Crippen LogP contribution in [0.4, 0.5) is 5.69 Å². The minimum absolute atomic E-state index is 0.0942. The second-order valence-corrected chi connectivity index (χ2v) is 4.36. The molecule has 0 aliphatic carbocycles. The molecule has 4 nitrogen and oxygen atoms in total. The van der Waals surface area contributed by atoms with E-state index in [2.05, 4.69) is 10.3 Å². The van der Waals surface area contributed by atoms with E-state index in [1.165, 1.54) is 0 Å². The van der Waals surface area contributed by atoms with Crippen LogP contribution >= 0.6 is 0 Å². The lowest BCUT2D eigenvalue weighted by Gasteiger charge is -2.26. The average molecular weight is 239 g/mol. The van der Waals surface area contributed by atoms with Crippen molar-refractivity contribution in [2.24, 2.45) is 0 Å². The first-order valence-electron chi connectivity index (χ1n) is 5.84. The van der Waals surface area contributed by atoms with Crippen molar-refractivity contribution in [3.8, 4) is 0 Å². The standard InChI is InChI=1S/C14H13N3O/c15-12-5-1-4-10-11(8-17-14(18)13(10)12)9-3-2-6-16-7-9/h1-7,11H,8,15H2,(H,17,18). The number of hydrogen-bond acceptors (Lipinski definition) is 3. The summed E-state index contributed by atoms with van der Waals surface area (Å²) >= 11 is 0. The summed E-state index contributed by atoms with van der Waals surface area (Å²) in [5.41, 5.74) is 9.08. The highest BCUT2D eigenvalue weighted by molar-refractivity contribution is 6.02. The predicted molar refractivity (Wildman–Crippen MR) is 69.3 cm³/mol. The molecule has 1 aliphatic heterocycles. The summed E-state index contributed by atoms with van der Waals surface area (Å²) in [6.07, 6.45) is 3.57. The summed E-state index contributed by atoms with van der Waals surface area (Å²) in [7, 11) is 0. The Morgan fingerprint density at radius 2 is 2.17 bits per heavy atom. The van der Waals surface area contributed by atoms with Gasteiger partial charge in [-0.15, -0.1) is 0 Å². The van der Waals surface area contributed by atoms with Gasteiger partial charge in [0.25, 0.3) is 5.91 Å². The SMILES string of the molecule is Nc1cccc2c1C(=O)NCC2c1cccnc1. The molecule has 0 bridgehead atoms. The van der Waals surface area contributed by atoms with Crippen molar-refractivity contribution in [1.29, 1.82) is 0 Å². The highest BCUT2D eigenvalue weighted by atomic mass is 16.1. The van der Waals surface area contributed by atoms with Gasteiger partial charge < -0.3 is 11.1 Å². The van der Waals surface area contributed by atoms with Crippen LogP contribution in [0, 0.1) is 0 Å². The molecule has 3 rings (SSSR count). The monoisotopic (exact) mass is 239 g/mol. The van der Waals surface area contributed by atoms with Crippen LogP contribution in [0.5, 0.6) is 0 Å². The highest BCUT2D eigenvalue weighted by Gasteiger charge is 2.27. The second kappa shape index (κ2) is 4.14. The summed E-state index contributed by atoms with van der Waals surface area (Å²) in [6.45, 7) is 0.584. The zero-order valence-corrected chi connectivity index (χ0v) is 9.76. The van der Waals surface area contributed by atoms with Crippen molar-refractivity contribution in [3.05, 3.63) is 59.4 Å². The first-order valence-corrected chi connectivity index (χ1v) is 5.84. The van der Waals surface area contributed by atoms with Gasteiger partial charge in [-0.2, -0.15) is 0 Å². The number of carbonyl (C=O) groups is 1. The van der Waals surface area contributed by atoms with E-state index < -0.39 is 0 Å². The topological polar surface area (TPSA) is 68.0 Å². The zero-order valence-electron chi connectivity index (χ0n) is 9.76. The Labute approximate surface area is 105 Å². The Morgan fingerprint density at radius 1 is 1.28 bits per heavy atom. The van der Waals surface area contributed by atoms with Crippen molar-refractivity contribution in [2.45, 2.75) is 5.92 Å². The highest BCUT2D eigenvalue weighted by Crippen LogP contribution is 2.32. The van der Waals surface area contributed by atoms with Crippen LogP contribution in [-0.2, 0) is 0 Å². The van der Waals surface area contributed by atoms with Gasteiger partial charge in [0, 0.05) is 30.5 Å². The van der Waals surface area contributed by atoms with Gasteiger partial charge in [0.05, 0.1) is 5.56 Å². The molecule has 18 heavy (non-hydrogen) atoms. The third-order valence-electron chi connectivity index (χ3n) is 3.28. The smallest absolute Gasteiger partial charge is 0.253 e. The number of anilines is 1. The number of aromatic nitrogens is 1. The number of carbonyl (C=O) groups excluding carboxylic acids is 1. The fraction of sp³-hybridized carbons (Fsp3) is 0.143. The molecule has 2 aromatic rings. The summed E-state index contributed by atoms with van der Waals surface area (Å²) in [5, 5.41) is 2.88. The van der Waals surface area contributed by atoms with Crippen LogP contribution in [-0.4, -0.2) is 17.4 Å². The van der Waals surface area contributed by atoms with Crippen molar-refractivity contribution >= 4 is 11.6 Å². The molecule has 1 aromatic heterocycles. The predicted octanol–water partition coefficient (Wildman–Crippen LogP) is 1.54. The lowest BCUT2D eigenvalue weighted by atomic mass is 9.85. The van der Waals surface area contributed by atoms with Crippen LogP contribution in [0.3, 0.4) is 0 Å². The first-order chi connectivity index (χ1) is 8.77. The molecule has 0 spiro atoms. The molecular weight excluding hydrogens is 226 g/mol. The van der Waals surface area contributed by atoms with E-state index >= 15 is 0 Å². The number of nitrogens with zero attached hydrogens (tertiary/aromatic N) is 1. The van der Waals surface area contributed by atoms with Crippen molar-refractivity contribution in [2.75, 3.05) is 12.3 Å². The largest absolute Gasteiger partial charge is 0.398 e. The maximum atomic E-state index is 11.9. The van der Waals surface area contributed by atoms with Gasteiger partial charge in [-0.25, -0.2) is 0 Å². The van der Waals surface area contributed by atoms with Gasteiger partial charge in [-0.1, -0.05) is 18.2 Å². The van der Waals surface area contributed by atoms with Crippen LogP contribution in [0.15, 0.2) is 42.7 Å². The normalized spacial score (nSPS) is 18.0. The molecule has 4 heteroatoms. The third-order valence-corrected chi connectivity index (χ3v) is 3.28. The number of nitrogen functional groups attached to an aromatic ring is 1. The zero-order chi connectivity index (χ0) is 12.5. The lowest BCUT2D eigenvalue weighted by Crippen LogP contribution is -2.36. The van der Waals surface area contributed by atoms with E-state index in [4.69, 9.17) is 5.73 Å². The van der Waals surface area contributed by atoms with E-state index in [1.807, 2.05) is 30.5 Å². The summed E-state index contributed by atoms with van der Waals surface area (Å²) in [6, 6.07) is 9.52. The second-order valence-electron chi connectivity index (χ2n) is 4.36. The summed E-state index contributed by atoms with van der Waals surface area (Å²) < 4.78 is 0. The maximum absolute atomic E-state index is 11.9. The van der Waals surface area contributed by atoms with Crippen LogP contribution in [0.25, 0.3) is 0 Å². The van der Waals surface area contributed by atoms with Gasteiger partial charge in [0.1, 0.15) is 0 Å².